The molecule has 0 saturated carbocycles. The monoisotopic (exact) mass is 357 g/mol. The standard InChI is InChI=1S/C11H8BrN3O4S/c12-9-3-1-7(5-10(9)14(16)17)13-6-8-2-4-11(20-8)15(18)19/h1-5,13H,6H2. The number of thiophene rings is 1. The first-order chi connectivity index (χ1) is 9.47. The van der Waals surface area contributed by atoms with Gasteiger partial charge in [0.15, 0.2) is 0 Å². The summed E-state index contributed by atoms with van der Waals surface area (Å²) >= 11 is 4.17. The van der Waals surface area contributed by atoms with Crippen molar-refractivity contribution in [3.63, 3.8) is 0 Å². The molecule has 0 atom stereocenters. The van der Waals surface area contributed by atoms with Crippen LogP contribution in [0.3, 0.4) is 0 Å². The highest BCUT2D eigenvalue weighted by Crippen LogP contribution is 2.29. The van der Waals surface area contributed by atoms with E-state index in [9.17, 15) is 20.2 Å². The second-order valence-corrected chi connectivity index (χ2v) is 5.78. The van der Waals surface area contributed by atoms with Crippen molar-refractivity contribution < 1.29 is 9.85 Å². The molecule has 104 valence electrons. The molecular formula is C11H8BrN3O4S. The van der Waals surface area contributed by atoms with E-state index >= 15 is 0 Å². The highest BCUT2D eigenvalue weighted by Gasteiger charge is 2.13. The molecule has 0 bridgehead atoms. The Bertz CT molecular complexity index is 673. The van der Waals surface area contributed by atoms with E-state index in [1.54, 1.807) is 18.2 Å². The second kappa shape index (κ2) is 5.97. The van der Waals surface area contributed by atoms with Crippen molar-refractivity contribution >= 4 is 43.6 Å². The largest absolute Gasteiger partial charge is 0.380 e. The third kappa shape index (κ3) is 3.31. The fourth-order valence-corrected chi connectivity index (χ4v) is 2.66. The number of halogens is 1. The van der Waals surface area contributed by atoms with E-state index in [0.717, 1.165) is 16.2 Å². The Morgan fingerprint density at radius 1 is 1.15 bits per heavy atom. The molecular weight excluding hydrogens is 350 g/mol. The third-order valence-corrected chi connectivity index (χ3v) is 4.14. The average Bonchev–Trinajstić information content (AvgIpc) is 2.86. The van der Waals surface area contributed by atoms with Crippen LogP contribution in [0, 0.1) is 20.2 Å². The maximum absolute atomic E-state index is 10.8. The van der Waals surface area contributed by atoms with Crippen LogP contribution in [0.5, 0.6) is 0 Å². The predicted molar refractivity (Wildman–Crippen MR) is 79.1 cm³/mol. The minimum absolute atomic E-state index is 0.0350. The van der Waals surface area contributed by atoms with Crippen LogP contribution in [0.25, 0.3) is 0 Å². The lowest BCUT2D eigenvalue weighted by Crippen LogP contribution is -1.98. The molecule has 0 unspecified atom stereocenters. The molecule has 0 aliphatic carbocycles. The lowest BCUT2D eigenvalue weighted by Gasteiger charge is -2.05. The van der Waals surface area contributed by atoms with Gasteiger partial charge in [0.25, 0.3) is 5.69 Å². The van der Waals surface area contributed by atoms with Gasteiger partial charge >= 0.3 is 5.00 Å². The zero-order valence-corrected chi connectivity index (χ0v) is 12.3. The molecule has 0 fully saturated rings. The SMILES string of the molecule is O=[N+]([O-])c1ccc(CNc2ccc(Br)c([N+](=O)[O-])c2)s1. The van der Waals surface area contributed by atoms with E-state index < -0.39 is 9.85 Å². The molecule has 1 N–H and O–H groups in total. The van der Waals surface area contributed by atoms with Gasteiger partial charge in [0.2, 0.25) is 0 Å². The quantitative estimate of drug-likeness (QED) is 0.645. The number of benzene rings is 1. The van der Waals surface area contributed by atoms with E-state index in [-0.39, 0.29) is 10.7 Å². The molecule has 0 aliphatic heterocycles. The lowest BCUT2D eigenvalue weighted by molar-refractivity contribution is -0.385. The van der Waals surface area contributed by atoms with Gasteiger partial charge in [-0.25, -0.2) is 0 Å². The number of nitro benzene ring substituents is 1. The van der Waals surface area contributed by atoms with Gasteiger partial charge in [-0.05, 0) is 34.1 Å². The summed E-state index contributed by atoms with van der Waals surface area (Å²) in [4.78, 5) is 21.2. The van der Waals surface area contributed by atoms with Gasteiger partial charge in [0.1, 0.15) is 0 Å². The zero-order valence-electron chi connectivity index (χ0n) is 9.91. The van der Waals surface area contributed by atoms with Gasteiger partial charge in [-0.15, -0.1) is 0 Å². The Morgan fingerprint density at radius 3 is 2.50 bits per heavy atom. The summed E-state index contributed by atoms with van der Waals surface area (Å²) in [6, 6.07) is 7.78. The van der Waals surface area contributed by atoms with Crippen molar-refractivity contribution in [3.05, 3.63) is 59.9 Å². The van der Waals surface area contributed by atoms with Crippen molar-refractivity contribution in [2.24, 2.45) is 0 Å². The minimum atomic E-state index is -0.481. The molecule has 20 heavy (non-hydrogen) atoms. The number of hydrogen-bond acceptors (Lipinski definition) is 6. The van der Waals surface area contributed by atoms with Gasteiger partial charge in [0.05, 0.1) is 14.3 Å². The van der Waals surface area contributed by atoms with Gasteiger partial charge in [-0.1, -0.05) is 11.3 Å². The van der Waals surface area contributed by atoms with Crippen molar-refractivity contribution in [2.75, 3.05) is 5.32 Å². The number of nitrogens with one attached hydrogen (secondary N) is 1. The van der Waals surface area contributed by atoms with Gasteiger partial charge in [-0.3, -0.25) is 20.2 Å². The summed E-state index contributed by atoms with van der Waals surface area (Å²) in [5, 5.41) is 24.4. The molecule has 0 radical (unpaired) electrons. The highest BCUT2D eigenvalue weighted by molar-refractivity contribution is 9.10. The van der Waals surface area contributed by atoms with Gasteiger partial charge in [0, 0.05) is 29.2 Å². The van der Waals surface area contributed by atoms with Crippen LogP contribution in [-0.2, 0) is 6.54 Å². The van der Waals surface area contributed by atoms with Crippen LogP contribution in [0.15, 0.2) is 34.8 Å². The van der Waals surface area contributed by atoms with Crippen LogP contribution in [0.1, 0.15) is 4.88 Å². The number of nitro groups is 2. The van der Waals surface area contributed by atoms with Crippen LogP contribution >= 0.6 is 27.3 Å². The normalized spacial score (nSPS) is 10.2. The first-order valence-electron chi connectivity index (χ1n) is 5.38. The summed E-state index contributed by atoms with van der Waals surface area (Å²) in [5.41, 5.74) is 0.545. The van der Waals surface area contributed by atoms with E-state index in [0.29, 0.717) is 16.7 Å². The molecule has 0 saturated heterocycles. The molecule has 0 spiro atoms. The molecule has 1 aromatic heterocycles. The zero-order chi connectivity index (χ0) is 14.7. The number of anilines is 1. The first kappa shape index (κ1) is 14.4. The maximum Gasteiger partial charge on any atom is 0.324 e. The molecule has 2 rings (SSSR count). The van der Waals surface area contributed by atoms with Crippen LogP contribution in [0.4, 0.5) is 16.4 Å². The smallest absolute Gasteiger partial charge is 0.324 e. The Balaban J connectivity index is 2.08. The first-order valence-corrected chi connectivity index (χ1v) is 6.99. The summed E-state index contributed by atoms with van der Waals surface area (Å²) in [6.07, 6.45) is 0. The lowest BCUT2D eigenvalue weighted by atomic mass is 10.3. The van der Waals surface area contributed by atoms with Crippen molar-refractivity contribution in [2.45, 2.75) is 6.54 Å². The number of nitrogens with zero attached hydrogens (tertiary/aromatic N) is 2. The summed E-state index contributed by atoms with van der Waals surface area (Å²) in [7, 11) is 0. The molecule has 1 heterocycles. The molecule has 0 amide bonds. The Kier molecular flexibility index (Phi) is 4.30. The highest BCUT2D eigenvalue weighted by atomic mass is 79.9. The second-order valence-electron chi connectivity index (χ2n) is 3.77. The van der Waals surface area contributed by atoms with E-state index in [4.69, 9.17) is 0 Å². The molecule has 0 aliphatic rings. The van der Waals surface area contributed by atoms with E-state index in [1.807, 2.05) is 0 Å². The summed E-state index contributed by atoms with van der Waals surface area (Å²) < 4.78 is 0.403. The topological polar surface area (TPSA) is 98.3 Å². The molecule has 9 heteroatoms. The number of rotatable bonds is 5. The van der Waals surface area contributed by atoms with Crippen LogP contribution < -0.4 is 5.32 Å². The van der Waals surface area contributed by atoms with Crippen LogP contribution in [0.2, 0.25) is 0 Å². The Hall–Kier alpha value is -2.00. The Labute approximate surface area is 125 Å². The maximum atomic E-state index is 10.8. The van der Waals surface area contributed by atoms with Crippen molar-refractivity contribution in [1.82, 2.24) is 0 Å². The third-order valence-electron chi connectivity index (χ3n) is 2.44. The number of hydrogen-bond donors (Lipinski definition) is 1. The predicted octanol–water partition coefficient (Wildman–Crippen LogP) is 3.94. The van der Waals surface area contributed by atoms with Gasteiger partial charge in [-0.2, -0.15) is 0 Å². The van der Waals surface area contributed by atoms with E-state index in [2.05, 4.69) is 21.2 Å². The fourth-order valence-electron chi connectivity index (χ4n) is 1.51. The van der Waals surface area contributed by atoms with Crippen molar-refractivity contribution in [1.29, 1.82) is 0 Å². The average molecular weight is 358 g/mol. The molecule has 7 nitrogen and oxygen atoms in total. The molecule has 2 aromatic rings. The van der Waals surface area contributed by atoms with Crippen LogP contribution in [-0.4, -0.2) is 9.85 Å². The summed E-state index contributed by atoms with van der Waals surface area (Å²) in [5.74, 6) is 0. The van der Waals surface area contributed by atoms with Gasteiger partial charge < -0.3 is 5.32 Å². The fraction of sp³-hybridized carbons (Fsp3) is 0.0909. The minimum Gasteiger partial charge on any atom is -0.380 e. The Morgan fingerprint density at radius 2 is 1.90 bits per heavy atom. The van der Waals surface area contributed by atoms with Crippen molar-refractivity contribution in [3.8, 4) is 0 Å². The summed E-state index contributed by atoms with van der Waals surface area (Å²) in [6.45, 7) is 0.372. The molecule has 1 aromatic carbocycles. The van der Waals surface area contributed by atoms with E-state index in [1.165, 1.54) is 12.1 Å².